The number of piperidine rings is 1. The summed E-state index contributed by atoms with van der Waals surface area (Å²) in [4.78, 5) is 11.9. The third kappa shape index (κ3) is 3.22. The standard InChI is InChI=1S/C13H19N3O3S2/c1-21(18,19)16-10-4-5-11(16)8-9(7-10)14-13(17)15-12-3-2-6-20-12/h2-3,6,9-11H,4-5,7-8H2,1H3,(H2,14,15,17). The number of anilines is 1. The molecule has 0 saturated carbocycles. The van der Waals surface area contributed by atoms with Crippen molar-refractivity contribution in [3.63, 3.8) is 0 Å². The molecule has 8 heteroatoms. The average molecular weight is 329 g/mol. The molecule has 2 saturated heterocycles. The zero-order chi connectivity index (χ0) is 15.0. The van der Waals surface area contributed by atoms with Crippen molar-refractivity contribution in [1.82, 2.24) is 9.62 Å². The molecule has 0 aliphatic carbocycles. The van der Waals surface area contributed by atoms with Crippen molar-refractivity contribution in [1.29, 1.82) is 0 Å². The highest BCUT2D eigenvalue weighted by Gasteiger charge is 2.45. The molecule has 0 aromatic carbocycles. The van der Waals surface area contributed by atoms with E-state index >= 15 is 0 Å². The van der Waals surface area contributed by atoms with Gasteiger partial charge < -0.3 is 5.32 Å². The number of urea groups is 1. The molecule has 1 aromatic rings. The number of carbonyl (C=O) groups is 1. The van der Waals surface area contributed by atoms with Crippen molar-refractivity contribution in [3.05, 3.63) is 17.5 Å². The lowest BCUT2D eigenvalue weighted by Gasteiger charge is -2.37. The van der Waals surface area contributed by atoms with Crippen LogP contribution in [-0.4, -0.2) is 43.1 Å². The maximum Gasteiger partial charge on any atom is 0.320 e. The first-order chi connectivity index (χ1) is 9.93. The van der Waals surface area contributed by atoms with Gasteiger partial charge in [-0.2, -0.15) is 4.31 Å². The summed E-state index contributed by atoms with van der Waals surface area (Å²) in [5.41, 5.74) is 0. The summed E-state index contributed by atoms with van der Waals surface area (Å²) >= 11 is 1.47. The normalized spacial score (nSPS) is 29.3. The van der Waals surface area contributed by atoms with Gasteiger partial charge >= 0.3 is 6.03 Å². The van der Waals surface area contributed by atoms with E-state index in [4.69, 9.17) is 0 Å². The first-order valence-electron chi connectivity index (χ1n) is 7.03. The topological polar surface area (TPSA) is 78.5 Å². The Morgan fingerprint density at radius 2 is 2.00 bits per heavy atom. The van der Waals surface area contributed by atoms with Gasteiger partial charge in [-0.05, 0) is 43.2 Å². The second kappa shape index (κ2) is 5.58. The van der Waals surface area contributed by atoms with Crippen LogP contribution in [0.15, 0.2) is 17.5 Å². The van der Waals surface area contributed by atoms with Crippen LogP contribution in [0.5, 0.6) is 0 Å². The molecule has 2 atom stereocenters. The molecule has 0 radical (unpaired) electrons. The first-order valence-corrected chi connectivity index (χ1v) is 9.76. The highest BCUT2D eigenvalue weighted by atomic mass is 32.2. The molecule has 1 aromatic heterocycles. The van der Waals surface area contributed by atoms with E-state index in [-0.39, 0.29) is 24.2 Å². The Balaban J connectivity index is 1.59. The number of sulfonamides is 1. The van der Waals surface area contributed by atoms with Gasteiger partial charge in [0.2, 0.25) is 10.0 Å². The van der Waals surface area contributed by atoms with Crippen molar-refractivity contribution in [2.24, 2.45) is 0 Å². The van der Waals surface area contributed by atoms with Gasteiger partial charge in [-0.15, -0.1) is 11.3 Å². The number of carbonyl (C=O) groups excluding carboxylic acids is 1. The van der Waals surface area contributed by atoms with Crippen LogP contribution in [0.1, 0.15) is 25.7 Å². The Hall–Kier alpha value is -1.12. The summed E-state index contributed by atoms with van der Waals surface area (Å²) in [6.45, 7) is 0. The average Bonchev–Trinajstić information content (AvgIpc) is 2.95. The Bertz CT molecular complexity index is 601. The number of nitrogens with one attached hydrogen (secondary N) is 2. The number of hydrogen-bond donors (Lipinski definition) is 2. The van der Waals surface area contributed by atoms with E-state index in [9.17, 15) is 13.2 Å². The third-order valence-electron chi connectivity index (χ3n) is 4.14. The van der Waals surface area contributed by atoms with Gasteiger partial charge in [0.15, 0.2) is 0 Å². The molecule has 116 valence electrons. The zero-order valence-corrected chi connectivity index (χ0v) is 13.4. The number of rotatable bonds is 3. The molecule has 0 spiro atoms. The lowest BCUT2D eigenvalue weighted by molar-refractivity contribution is 0.204. The predicted molar refractivity (Wildman–Crippen MR) is 83.0 cm³/mol. The molecule has 3 heterocycles. The molecule has 2 amide bonds. The second-order valence-corrected chi connectivity index (χ2v) is 8.56. The molecule has 2 aliphatic rings. The summed E-state index contributed by atoms with van der Waals surface area (Å²) in [5.74, 6) is 0. The number of nitrogens with zero attached hydrogens (tertiary/aromatic N) is 1. The van der Waals surface area contributed by atoms with Gasteiger partial charge in [0.25, 0.3) is 0 Å². The third-order valence-corrected chi connectivity index (χ3v) is 6.29. The molecule has 21 heavy (non-hydrogen) atoms. The maximum atomic E-state index is 11.9. The van der Waals surface area contributed by atoms with E-state index in [0.29, 0.717) is 12.8 Å². The molecular formula is C13H19N3O3S2. The van der Waals surface area contributed by atoms with Gasteiger partial charge in [0, 0.05) is 18.1 Å². The van der Waals surface area contributed by atoms with Crippen LogP contribution in [0.3, 0.4) is 0 Å². The number of hydrogen-bond acceptors (Lipinski definition) is 4. The van der Waals surface area contributed by atoms with Crippen molar-refractivity contribution in [3.8, 4) is 0 Å². The van der Waals surface area contributed by atoms with E-state index in [1.807, 2.05) is 17.5 Å². The minimum atomic E-state index is -3.15. The lowest BCUT2D eigenvalue weighted by Crippen LogP contribution is -2.52. The minimum absolute atomic E-state index is 0.0331. The Morgan fingerprint density at radius 3 is 2.52 bits per heavy atom. The SMILES string of the molecule is CS(=O)(=O)N1C2CCC1CC(NC(=O)Nc1cccs1)C2. The van der Waals surface area contributed by atoms with Crippen LogP contribution >= 0.6 is 11.3 Å². The molecule has 2 bridgehead atoms. The van der Waals surface area contributed by atoms with Crippen LogP contribution in [0.2, 0.25) is 0 Å². The summed E-state index contributed by atoms with van der Waals surface area (Å²) in [6.07, 6.45) is 4.45. The van der Waals surface area contributed by atoms with E-state index in [1.165, 1.54) is 17.6 Å². The van der Waals surface area contributed by atoms with Crippen LogP contribution in [0.25, 0.3) is 0 Å². The molecule has 3 rings (SSSR count). The van der Waals surface area contributed by atoms with Crippen LogP contribution in [0, 0.1) is 0 Å². The van der Waals surface area contributed by atoms with Crippen molar-refractivity contribution < 1.29 is 13.2 Å². The van der Waals surface area contributed by atoms with Gasteiger partial charge in [0.1, 0.15) is 0 Å². The summed E-state index contributed by atoms with van der Waals surface area (Å²) in [5, 5.41) is 8.47. The summed E-state index contributed by atoms with van der Waals surface area (Å²) in [6, 6.07) is 3.62. The van der Waals surface area contributed by atoms with Gasteiger partial charge in [0.05, 0.1) is 11.3 Å². The van der Waals surface area contributed by atoms with Gasteiger partial charge in [-0.25, -0.2) is 13.2 Å². The first kappa shape index (κ1) is 14.8. The largest absolute Gasteiger partial charge is 0.335 e. The maximum absolute atomic E-state index is 11.9. The van der Waals surface area contributed by atoms with Gasteiger partial charge in [-0.1, -0.05) is 0 Å². The van der Waals surface area contributed by atoms with E-state index < -0.39 is 10.0 Å². The molecule has 2 unspecified atom stereocenters. The molecule has 2 aliphatic heterocycles. The number of thiophene rings is 1. The van der Waals surface area contributed by atoms with Gasteiger partial charge in [-0.3, -0.25) is 5.32 Å². The fourth-order valence-corrected chi connectivity index (χ4v) is 5.56. The highest BCUT2D eigenvalue weighted by molar-refractivity contribution is 7.88. The molecule has 6 nitrogen and oxygen atoms in total. The van der Waals surface area contributed by atoms with E-state index in [2.05, 4.69) is 10.6 Å². The monoisotopic (exact) mass is 329 g/mol. The number of amides is 2. The fraction of sp³-hybridized carbons (Fsp3) is 0.615. The molecule has 2 N–H and O–H groups in total. The minimum Gasteiger partial charge on any atom is -0.335 e. The Kier molecular flexibility index (Phi) is 3.94. The summed E-state index contributed by atoms with van der Waals surface area (Å²) < 4.78 is 25.3. The van der Waals surface area contributed by atoms with E-state index in [1.54, 1.807) is 4.31 Å². The van der Waals surface area contributed by atoms with E-state index in [0.717, 1.165) is 17.8 Å². The highest BCUT2D eigenvalue weighted by Crippen LogP contribution is 2.37. The zero-order valence-electron chi connectivity index (χ0n) is 11.8. The number of fused-ring (bicyclic) bond motifs is 2. The van der Waals surface area contributed by atoms with Crippen molar-refractivity contribution in [2.45, 2.75) is 43.8 Å². The second-order valence-electron chi connectivity index (χ2n) is 5.72. The van der Waals surface area contributed by atoms with Crippen LogP contribution in [0.4, 0.5) is 9.80 Å². The molecule has 2 fully saturated rings. The predicted octanol–water partition coefficient (Wildman–Crippen LogP) is 1.82. The van der Waals surface area contributed by atoms with Crippen LogP contribution < -0.4 is 10.6 Å². The lowest BCUT2D eigenvalue weighted by atomic mass is 10.00. The fourth-order valence-electron chi connectivity index (χ4n) is 3.48. The smallest absolute Gasteiger partial charge is 0.320 e. The van der Waals surface area contributed by atoms with Crippen molar-refractivity contribution >= 4 is 32.4 Å². The van der Waals surface area contributed by atoms with Crippen molar-refractivity contribution in [2.75, 3.05) is 11.6 Å². The Labute approximate surface area is 128 Å². The summed E-state index contributed by atoms with van der Waals surface area (Å²) in [7, 11) is -3.15. The van der Waals surface area contributed by atoms with Crippen LogP contribution in [-0.2, 0) is 10.0 Å². The Morgan fingerprint density at radius 1 is 1.33 bits per heavy atom. The molecular weight excluding hydrogens is 310 g/mol. The quantitative estimate of drug-likeness (QED) is 0.888.